The van der Waals surface area contributed by atoms with E-state index in [1.807, 2.05) is 37.4 Å². The Hall–Kier alpha value is -2.11. The zero-order chi connectivity index (χ0) is 16.2. The van der Waals surface area contributed by atoms with Crippen molar-refractivity contribution in [2.45, 2.75) is 18.9 Å². The third-order valence-electron chi connectivity index (χ3n) is 4.42. The van der Waals surface area contributed by atoms with Gasteiger partial charge in [-0.1, -0.05) is 30.3 Å². The fourth-order valence-corrected chi connectivity index (χ4v) is 2.97. The molecule has 0 atom stereocenters. The lowest BCUT2D eigenvalue weighted by Crippen LogP contribution is -2.45. The number of aromatic amines is 1. The maximum atomic E-state index is 12.5. The maximum absolute atomic E-state index is 12.5. The Bertz CT molecular complexity index is 737. The van der Waals surface area contributed by atoms with Gasteiger partial charge in [-0.05, 0) is 37.6 Å². The number of piperidine rings is 1. The zero-order valence-corrected chi connectivity index (χ0v) is 14.4. The van der Waals surface area contributed by atoms with Crippen molar-refractivity contribution in [2.24, 2.45) is 0 Å². The summed E-state index contributed by atoms with van der Waals surface area (Å²) in [5.41, 5.74) is 1.54. The first kappa shape index (κ1) is 18.2. The molecule has 2 heterocycles. The molecule has 0 bridgehead atoms. The Kier molecular flexibility index (Phi) is 6.17. The van der Waals surface area contributed by atoms with E-state index in [2.05, 4.69) is 10.3 Å². The van der Waals surface area contributed by atoms with Gasteiger partial charge in [0.2, 0.25) is 0 Å². The van der Waals surface area contributed by atoms with E-state index in [0.29, 0.717) is 19.1 Å². The molecule has 24 heavy (non-hydrogen) atoms. The van der Waals surface area contributed by atoms with Gasteiger partial charge < -0.3 is 15.2 Å². The van der Waals surface area contributed by atoms with Gasteiger partial charge in [-0.2, -0.15) is 0 Å². The van der Waals surface area contributed by atoms with Crippen LogP contribution in [0.3, 0.4) is 0 Å². The van der Waals surface area contributed by atoms with Crippen LogP contribution in [0.4, 0.5) is 0 Å². The number of benzene rings is 1. The normalized spacial score (nSPS) is 15.0. The number of rotatable bonds is 3. The average molecular weight is 348 g/mol. The highest BCUT2D eigenvalue weighted by molar-refractivity contribution is 5.94. The predicted octanol–water partition coefficient (Wildman–Crippen LogP) is 2.29. The molecular weight excluding hydrogens is 326 g/mol. The summed E-state index contributed by atoms with van der Waals surface area (Å²) >= 11 is 0. The van der Waals surface area contributed by atoms with E-state index in [1.54, 1.807) is 17.0 Å². The molecule has 3 rings (SSSR count). The van der Waals surface area contributed by atoms with Gasteiger partial charge in [0, 0.05) is 24.8 Å². The predicted molar refractivity (Wildman–Crippen MR) is 97.7 cm³/mol. The van der Waals surface area contributed by atoms with Gasteiger partial charge in [-0.15, -0.1) is 12.4 Å². The first-order valence-corrected chi connectivity index (χ1v) is 7.94. The van der Waals surface area contributed by atoms with Crippen molar-refractivity contribution >= 4 is 18.3 Å². The van der Waals surface area contributed by atoms with E-state index in [0.717, 1.165) is 24.1 Å². The van der Waals surface area contributed by atoms with Crippen LogP contribution in [0.15, 0.2) is 47.3 Å². The highest BCUT2D eigenvalue weighted by atomic mass is 35.5. The van der Waals surface area contributed by atoms with Crippen LogP contribution in [0.1, 0.15) is 23.2 Å². The van der Waals surface area contributed by atoms with Crippen LogP contribution < -0.4 is 10.9 Å². The molecule has 0 saturated carbocycles. The lowest BCUT2D eigenvalue weighted by Gasteiger charge is -2.31. The number of carbonyl (C=O) groups excluding carboxylic acids is 1. The molecule has 0 unspecified atom stereocenters. The molecule has 1 amide bonds. The second-order valence-electron chi connectivity index (χ2n) is 5.84. The van der Waals surface area contributed by atoms with Crippen LogP contribution >= 0.6 is 12.4 Å². The molecule has 1 fully saturated rings. The van der Waals surface area contributed by atoms with Gasteiger partial charge in [0.15, 0.2) is 0 Å². The summed E-state index contributed by atoms with van der Waals surface area (Å²) in [4.78, 5) is 29.4. The Morgan fingerprint density at radius 3 is 2.38 bits per heavy atom. The summed E-state index contributed by atoms with van der Waals surface area (Å²) in [5.74, 6) is -0.180. The topological polar surface area (TPSA) is 65.2 Å². The van der Waals surface area contributed by atoms with Gasteiger partial charge in [0.1, 0.15) is 5.56 Å². The fraction of sp³-hybridized carbons (Fsp3) is 0.333. The van der Waals surface area contributed by atoms with E-state index in [1.165, 1.54) is 0 Å². The highest BCUT2D eigenvalue weighted by Crippen LogP contribution is 2.16. The monoisotopic (exact) mass is 347 g/mol. The maximum Gasteiger partial charge on any atom is 0.261 e. The highest BCUT2D eigenvalue weighted by Gasteiger charge is 2.24. The van der Waals surface area contributed by atoms with Crippen molar-refractivity contribution in [2.75, 3.05) is 20.1 Å². The standard InChI is InChI=1S/C18H21N3O2.ClH/c1-19-14-9-11-21(12-10-14)18(23)15-7-8-16(20-17(15)22)13-5-3-2-4-6-13;/h2-8,14,19H,9-12H2,1H3,(H,20,22);1H. The van der Waals surface area contributed by atoms with Gasteiger partial charge in [-0.25, -0.2) is 0 Å². The molecule has 1 aliphatic heterocycles. The molecular formula is C18H22ClN3O2. The molecule has 5 nitrogen and oxygen atoms in total. The van der Waals surface area contributed by atoms with Crippen molar-refractivity contribution in [1.29, 1.82) is 0 Å². The number of aromatic nitrogens is 1. The third-order valence-corrected chi connectivity index (χ3v) is 4.42. The lowest BCUT2D eigenvalue weighted by molar-refractivity contribution is 0.0705. The molecule has 0 spiro atoms. The molecule has 2 N–H and O–H groups in total. The first-order chi connectivity index (χ1) is 11.2. The minimum absolute atomic E-state index is 0. The van der Waals surface area contributed by atoms with E-state index in [9.17, 15) is 9.59 Å². The van der Waals surface area contributed by atoms with Crippen molar-refractivity contribution in [1.82, 2.24) is 15.2 Å². The van der Waals surface area contributed by atoms with Crippen LogP contribution in [0.25, 0.3) is 11.3 Å². The van der Waals surface area contributed by atoms with Crippen LogP contribution in [0, 0.1) is 0 Å². The van der Waals surface area contributed by atoms with E-state index < -0.39 is 0 Å². The number of hydrogen-bond donors (Lipinski definition) is 2. The van der Waals surface area contributed by atoms with Crippen LogP contribution in [-0.2, 0) is 0 Å². The van der Waals surface area contributed by atoms with Crippen molar-refractivity contribution in [3.8, 4) is 11.3 Å². The molecule has 0 aliphatic carbocycles. The molecule has 1 aromatic heterocycles. The quantitative estimate of drug-likeness (QED) is 0.895. The van der Waals surface area contributed by atoms with Gasteiger partial charge in [0.25, 0.3) is 11.5 Å². The van der Waals surface area contributed by atoms with Gasteiger partial charge >= 0.3 is 0 Å². The number of H-pyrrole nitrogens is 1. The summed E-state index contributed by atoms with van der Waals surface area (Å²) < 4.78 is 0. The fourth-order valence-electron chi connectivity index (χ4n) is 2.97. The van der Waals surface area contributed by atoms with Crippen molar-refractivity contribution < 1.29 is 4.79 Å². The Morgan fingerprint density at radius 1 is 1.12 bits per heavy atom. The Morgan fingerprint density at radius 2 is 1.79 bits per heavy atom. The molecule has 128 valence electrons. The summed E-state index contributed by atoms with van der Waals surface area (Å²) in [6.45, 7) is 1.37. The Labute approximate surface area is 147 Å². The molecule has 2 aromatic rings. The first-order valence-electron chi connectivity index (χ1n) is 7.94. The van der Waals surface area contributed by atoms with Crippen LogP contribution in [-0.4, -0.2) is 42.0 Å². The number of nitrogens with zero attached hydrogens (tertiary/aromatic N) is 1. The average Bonchev–Trinajstić information content (AvgIpc) is 2.62. The second-order valence-corrected chi connectivity index (χ2v) is 5.84. The largest absolute Gasteiger partial charge is 0.338 e. The Balaban J connectivity index is 0.00000208. The zero-order valence-electron chi connectivity index (χ0n) is 13.6. The molecule has 1 saturated heterocycles. The SMILES string of the molecule is CNC1CCN(C(=O)c2ccc(-c3ccccc3)[nH]c2=O)CC1.Cl. The van der Waals surface area contributed by atoms with Crippen molar-refractivity contribution in [3.63, 3.8) is 0 Å². The number of halogens is 1. The summed E-state index contributed by atoms with van der Waals surface area (Å²) in [5, 5.41) is 3.23. The van der Waals surface area contributed by atoms with Gasteiger partial charge in [-0.3, -0.25) is 9.59 Å². The minimum atomic E-state index is -0.327. The number of nitrogens with one attached hydrogen (secondary N) is 2. The minimum Gasteiger partial charge on any atom is -0.338 e. The number of pyridine rings is 1. The van der Waals surface area contributed by atoms with E-state index in [-0.39, 0.29) is 29.4 Å². The summed E-state index contributed by atoms with van der Waals surface area (Å²) in [6.07, 6.45) is 1.84. The lowest BCUT2D eigenvalue weighted by atomic mass is 10.0. The second kappa shape index (κ2) is 8.13. The van der Waals surface area contributed by atoms with E-state index in [4.69, 9.17) is 0 Å². The van der Waals surface area contributed by atoms with Crippen molar-refractivity contribution in [3.05, 3.63) is 58.4 Å². The van der Waals surface area contributed by atoms with Crippen LogP contribution in [0.2, 0.25) is 0 Å². The molecule has 6 heteroatoms. The summed E-state index contributed by atoms with van der Waals surface area (Å²) in [6, 6.07) is 13.5. The number of hydrogen-bond acceptors (Lipinski definition) is 3. The number of amides is 1. The third kappa shape index (κ3) is 3.86. The molecule has 0 radical (unpaired) electrons. The molecule has 1 aliphatic rings. The summed E-state index contributed by atoms with van der Waals surface area (Å²) in [7, 11) is 1.94. The van der Waals surface area contributed by atoms with Gasteiger partial charge in [0.05, 0.1) is 0 Å². The molecule has 1 aromatic carbocycles. The number of carbonyl (C=O) groups is 1. The smallest absolute Gasteiger partial charge is 0.261 e. The van der Waals surface area contributed by atoms with E-state index >= 15 is 0 Å². The van der Waals surface area contributed by atoms with Crippen LogP contribution in [0.5, 0.6) is 0 Å². The number of likely N-dealkylation sites (tertiary alicyclic amines) is 1.